The van der Waals surface area contributed by atoms with Gasteiger partial charge in [0.05, 0.1) is 0 Å². The van der Waals surface area contributed by atoms with E-state index in [2.05, 4.69) is 9.98 Å². The maximum absolute atomic E-state index is 5.93. The van der Waals surface area contributed by atoms with Crippen molar-refractivity contribution >= 4 is 23.5 Å². The highest BCUT2D eigenvalue weighted by molar-refractivity contribution is 6.31. The molecule has 0 radical (unpaired) electrons. The van der Waals surface area contributed by atoms with Crippen molar-refractivity contribution in [1.82, 2.24) is 0 Å². The summed E-state index contributed by atoms with van der Waals surface area (Å²) in [5.74, 6) is 0.00396. The van der Waals surface area contributed by atoms with Gasteiger partial charge in [-0.25, -0.2) is 0 Å². The number of benzene rings is 1. The predicted molar refractivity (Wildman–Crippen MR) is 72.2 cm³/mol. The molecule has 1 rings (SSSR count). The number of aliphatic imine (C=N–C) groups is 2. The Morgan fingerprint density at radius 2 is 2.00 bits per heavy atom. The molecular formula is C11H16ClN5. The van der Waals surface area contributed by atoms with Gasteiger partial charge in [0, 0.05) is 11.6 Å². The van der Waals surface area contributed by atoms with Crippen LogP contribution in [0.4, 0.5) is 0 Å². The summed E-state index contributed by atoms with van der Waals surface area (Å²) in [5.41, 5.74) is 18.0. The number of nitrogens with two attached hydrogens (primary N) is 3. The van der Waals surface area contributed by atoms with Crippen LogP contribution < -0.4 is 17.2 Å². The molecule has 0 fully saturated rings. The van der Waals surface area contributed by atoms with E-state index in [0.717, 1.165) is 22.6 Å². The van der Waals surface area contributed by atoms with Crippen LogP contribution in [0.1, 0.15) is 11.1 Å². The lowest BCUT2D eigenvalue weighted by Gasteiger charge is -2.02. The van der Waals surface area contributed by atoms with Crippen LogP contribution in [-0.2, 0) is 6.42 Å². The minimum Gasteiger partial charge on any atom is -0.370 e. The number of rotatable bonds is 3. The van der Waals surface area contributed by atoms with Crippen LogP contribution in [0, 0.1) is 6.92 Å². The Balaban J connectivity index is 2.56. The molecule has 6 N–H and O–H groups in total. The van der Waals surface area contributed by atoms with Crippen molar-refractivity contribution in [3.8, 4) is 0 Å². The molecule has 17 heavy (non-hydrogen) atoms. The van der Waals surface area contributed by atoms with Crippen LogP contribution in [0.25, 0.3) is 0 Å². The smallest absolute Gasteiger partial charge is 0.218 e. The Morgan fingerprint density at radius 1 is 1.29 bits per heavy atom. The average molecular weight is 254 g/mol. The molecule has 0 aliphatic carbocycles. The highest BCUT2D eigenvalue weighted by Crippen LogP contribution is 2.16. The van der Waals surface area contributed by atoms with Crippen molar-refractivity contribution in [3.05, 3.63) is 34.3 Å². The molecule has 0 spiro atoms. The Labute approximate surface area is 105 Å². The van der Waals surface area contributed by atoms with E-state index in [-0.39, 0.29) is 11.9 Å². The second-order valence-electron chi connectivity index (χ2n) is 3.61. The van der Waals surface area contributed by atoms with E-state index in [1.807, 2.05) is 25.1 Å². The van der Waals surface area contributed by atoms with Crippen LogP contribution in [0.15, 0.2) is 28.2 Å². The van der Waals surface area contributed by atoms with Gasteiger partial charge in [-0.1, -0.05) is 23.7 Å². The van der Waals surface area contributed by atoms with E-state index in [1.54, 1.807) is 0 Å². The molecule has 0 aliphatic heterocycles. The van der Waals surface area contributed by atoms with Crippen LogP contribution in [-0.4, -0.2) is 18.5 Å². The van der Waals surface area contributed by atoms with E-state index in [0.29, 0.717) is 6.54 Å². The third-order valence-electron chi connectivity index (χ3n) is 2.14. The van der Waals surface area contributed by atoms with Crippen molar-refractivity contribution in [2.24, 2.45) is 27.2 Å². The quantitative estimate of drug-likeness (QED) is 0.548. The normalized spacial score (nSPS) is 11.3. The monoisotopic (exact) mass is 253 g/mol. The van der Waals surface area contributed by atoms with E-state index in [9.17, 15) is 0 Å². The summed E-state index contributed by atoms with van der Waals surface area (Å²) in [6, 6.07) is 5.85. The van der Waals surface area contributed by atoms with Gasteiger partial charge in [-0.05, 0) is 30.5 Å². The minimum atomic E-state index is -0.0893. The summed E-state index contributed by atoms with van der Waals surface area (Å²) in [5, 5.41) is 0.761. The van der Waals surface area contributed by atoms with Crippen molar-refractivity contribution in [2.75, 3.05) is 6.54 Å². The van der Waals surface area contributed by atoms with Gasteiger partial charge in [0.1, 0.15) is 0 Å². The van der Waals surface area contributed by atoms with Crippen molar-refractivity contribution < 1.29 is 0 Å². The lowest BCUT2D eigenvalue weighted by Crippen LogP contribution is -2.26. The zero-order valence-electron chi connectivity index (χ0n) is 9.65. The second-order valence-corrected chi connectivity index (χ2v) is 4.02. The highest BCUT2D eigenvalue weighted by atomic mass is 35.5. The SMILES string of the molecule is Cc1cc(CCN=C(N)N=C(N)N)ccc1Cl. The Kier molecular flexibility index (Phi) is 4.78. The summed E-state index contributed by atoms with van der Waals surface area (Å²) < 4.78 is 0. The second kappa shape index (κ2) is 6.10. The van der Waals surface area contributed by atoms with E-state index >= 15 is 0 Å². The van der Waals surface area contributed by atoms with Crippen molar-refractivity contribution in [2.45, 2.75) is 13.3 Å². The summed E-state index contributed by atoms with van der Waals surface area (Å²) in [6.45, 7) is 2.49. The molecule has 0 bridgehead atoms. The average Bonchev–Trinajstić information content (AvgIpc) is 2.22. The fourth-order valence-electron chi connectivity index (χ4n) is 1.33. The maximum Gasteiger partial charge on any atom is 0.218 e. The zero-order valence-corrected chi connectivity index (χ0v) is 10.4. The molecule has 0 heterocycles. The zero-order chi connectivity index (χ0) is 12.8. The Bertz CT molecular complexity index is 449. The van der Waals surface area contributed by atoms with Gasteiger partial charge in [-0.15, -0.1) is 0 Å². The van der Waals surface area contributed by atoms with Gasteiger partial charge >= 0.3 is 0 Å². The number of aryl methyl sites for hydroxylation is 1. The molecule has 0 aliphatic rings. The van der Waals surface area contributed by atoms with Gasteiger partial charge in [0.25, 0.3) is 0 Å². The van der Waals surface area contributed by atoms with E-state index in [4.69, 9.17) is 28.8 Å². The van der Waals surface area contributed by atoms with Crippen molar-refractivity contribution in [3.63, 3.8) is 0 Å². The van der Waals surface area contributed by atoms with Gasteiger partial charge < -0.3 is 17.2 Å². The van der Waals surface area contributed by atoms with Crippen molar-refractivity contribution in [1.29, 1.82) is 0 Å². The molecule has 1 aromatic rings. The van der Waals surface area contributed by atoms with Gasteiger partial charge in [-0.3, -0.25) is 4.99 Å². The summed E-state index contributed by atoms with van der Waals surface area (Å²) in [6.07, 6.45) is 0.763. The number of halogens is 1. The van der Waals surface area contributed by atoms with E-state index in [1.165, 1.54) is 0 Å². The Morgan fingerprint density at radius 3 is 2.59 bits per heavy atom. The lowest BCUT2D eigenvalue weighted by atomic mass is 10.1. The summed E-state index contributed by atoms with van der Waals surface area (Å²) >= 11 is 5.93. The van der Waals surface area contributed by atoms with Gasteiger partial charge in [0.15, 0.2) is 5.96 Å². The predicted octanol–water partition coefficient (Wildman–Crippen LogP) is 0.779. The van der Waals surface area contributed by atoms with E-state index < -0.39 is 0 Å². The number of hydrogen-bond acceptors (Lipinski definition) is 1. The van der Waals surface area contributed by atoms with Crippen LogP contribution >= 0.6 is 11.6 Å². The summed E-state index contributed by atoms with van der Waals surface area (Å²) in [4.78, 5) is 7.64. The summed E-state index contributed by atoms with van der Waals surface area (Å²) in [7, 11) is 0. The molecule has 0 atom stereocenters. The topological polar surface area (TPSA) is 103 Å². The number of hydrogen-bond donors (Lipinski definition) is 3. The minimum absolute atomic E-state index is 0.0893. The molecule has 5 nitrogen and oxygen atoms in total. The standard InChI is InChI=1S/C11H16ClN5/c1-7-6-8(2-3-9(7)12)4-5-16-11(15)17-10(13)14/h2-3,6H,4-5H2,1H3,(H6,13,14,15,16,17). The van der Waals surface area contributed by atoms with Crippen LogP contribution in [0.2, 0.25) is 5.02 Å². The molecule has 0 aromatic heterocycles. The molecule has 0 unspecified atom stereocenters. The van der Waals surface area contributed by atoms with Gasteiger partial charge in [-0.2, -0.15) is 4.99 Å². The van der Waals surface area contributed by atoms with Gasteiger partial charge in [0.2, 0.25) is 5.96 Å². The van der Waals surface area contributed by atoms with Crippen LogP contribution in [0.3, 0.4) is 0 Å². The largest absolute Gasteiger partial charge is 0.370 e. The lowest BCUT2D eigenvalue weighted by molar-refractivity contribution is 0.960. The third-order valence-corrected chi connectivity index (χ3v) is 2.56. The first-order chi connectivity index (χ1) is 7.99. The molecule has 6 heteroatoms. The molecule has 0 saturated carbocycles. The molecule has 1 aromatic carbocycles. The first kappa shape index (κ1) is 13.3. The number of guanidine groups is 2. The highest BCUT2D eigenvalue weighted by Gasteiger charge is 1.97. The fraction of sp³-hybridized carbons (Fsp3) is 0.273. The first-order valence-corrected chi connectivity index (χ1v) is 5.51. The fourth-order valence-corrected chi connectivity index (χ4v) is 1.45. The molecular weight excluding hydrogens is 238 g/mol. The third kappa shape index (κ3) is 4.74. The molecule has 0 saturated heterocycles. The number of nitrogens with zero attached hydrogens (tertiary/aromatic N) is 2. The first-order valence-electron chi connectivity index (χ1n) is 5.13. The van der Waals surface area contributed by atoms with Crippen LogP contribution in [0.5, 0.6) is 0 Å². The molecule has 0 amide bonds. The Hall–Kier alpha value is -1.75. The maximum atomic E-state index is 5.93. The molecule has 92 valence electrons.